The van der Waals surface area contributed by atoms with Crippen LogP contribution in [0.25, 0.3) is 0 Å². The molecule has 1 rings (SSSR count). The minimum Gasteiger partial charge on any atom is -0.371 e. The average Bonchev–Trinajstić information content (AvgIpc) is 2.28. The molecule has 1 unspecified atom stereocenters. The number of hydrogen-bond donors (Lipinski definition) is 0. The van der Waals surface area contributed by atoms with Gasteiger partial charge in [-0.1, -0.05) is 33.6 Å². The van der Waals surface area contributed by atoms with E-state index in [4.69, 9.17) is 16.9 Å². The van der Waals surface area contributed by atoms with Crippen molar-refractivity contribution in [3.8, 4) is 6.07 Å². The Bertz CT molecular complexity index is 400. The summed E-state index contributed by atoms with van der Waals surface area (Å²) in [5.41, 5.74) is 2.12. The second kappa shape index (κ2) is 6.12. The van der Waals surface area contributed by atoms with Gasteiger partial charge in [0, 0.05) is 29.1 Å². The zero-order valence-corrected chi connectivity index (χ0v) is 11.7. The van der Waals surface area contributed by atoms with E-state index < -0.39 is 0 Å². The third kappa shape index (κ3) is 3.13. The first-order valence-electron chi connectivity index (χ1n) is 5.04. The summed E-state index contributed by atoms with van der Waals surface area (Å²) >= 11 is 9.52. The third-order valence-electron chi connectivity index (χ3n) is 2.64. The van der Waals surface area contributed by atoms with Crippen LogP contribution in [0.4, 0.5) is 5.69 Å². The van der Waals surface area contributed by atoms with E-state index in [-0.39, 0.29) is 6.04 Å². The van der Waals surface area contributed by atoms with Crippen molar-refractivity contribution in [3.63, 3.8) is 0 Å². The number of rotatable bonds is 4. The molecule has 1 aromatic carbocycles. The monoisotopic (exact) mass is 300 g/mol. The van der Waals surface area contributed by atoms with Crippen LogP contribution in [-0.4, -0.2) is 13.1 Å². The number of halogens is 2. The first-order valence-corrected chi connectivity index (χ1v) is 6.54. The summed E-state index contributed by atoms with van der Waals surface area (Å²) in [6.45, 7) is 2.02. The van der Waals surface area contributed by atoms with Crippen molar-refractivity contribution in [2.24, 2.45) is 0 Å². The number of anilines is 1. The highest BCUT2D eigenvalue weighted by atomic mass is 79.9. The number of benzene rings is 1. The summed E-state index contributed by atoms with van der Waals surface area (Å²) in [6, 6.07) is 8.33. The molecule has 0 amide bonds. The maximum Gasteiger partial charge on any atom is 0.0643 e. The molecule has 0 bridgehead atoms. The molecule has 0 aromatic heterocycles. The van der Waals surface area contributed by atoms with Gasteiger partial charge in [-0.05, 0) is 24.6 Å². The third-order valence-corrected chi connectivity index (χ3v) is 3.59. The first-order chi connectivity index (χ1) is 7.60. The highest BCUT2D eigenvalue weighted by Gasteiger charge is 2.10. The minimum atomic E-state index is 0.191. The maximum atomic E-state index is 8.66. The molecule has 2 nitrogen and oxygen atoms in total. The number of nitrogens with zero attached hydrogens (tertiary/aromatic N) is 2. The summed E-state index contributed by atoms with van der Waals surface area (Å²) < 4.78 is 0. The van der Waals surface area contributed by atoms with E-state index in [1.807, 2.05) is 32.2 Å². The van der Waals surface area contributed by atoms with Gasteiger partial charge >= 0.3 is 0 Å². The fourth-order valence-electron chi connectivity index (χ4n) is 1.39. The van der Waals surface area contributed by atoms with Gasteiger partial charge in [0.25, 0.3) is 0 Å². The lowest BCUT2D eigenvalue weighted by atomic mass is 10.1. The Balaban J connectivity index is 2.89. The Morgan fingerprint density at radius 3 is 2.75 bits per heavy atom. The van der Waals surface area contributed by atoms with Gasteiger partial charge in [-0.25, -0.2) is 0 Å². The Hall–Kier alpha value is -0.720. The number of alkyl halides is 1. The number of hydrogen-bond acceptors (Lipinski definition) is 2. The van der Waals surface area contributed by atoms with Gasteiger partial charge in [0.2, 0.25) is 0 Å². The Kier molecular flexibility index (Phi) is 5.11. The van der Waals surface area contributed by atoms with E-state index in [0.717, 1.165) is 21.6 Å². The van der Waals surface area contributed by atoms with Crippen molar-refractivity contribution in [2.75, 3.05) is 11.9 Å². The second-order valence-electron chi connectivity index (χ2n) is 3.73. The smallest absolute Gasteiger partial charge is 0.0643 e. The molecule has 1 aromatic rings. The molecule has 0 fully saturated rings. The molecular formula is C12H14BrClN2. The predicted molar refractivity (Wildman–Crippen MR) is 72.2 cm³/mol. The molecule has 0 aliphatic rings. The quantitative estimate of drug-likeness (QED) is 0.787. The van der Waals surface area contributed by atoms with Crippen LogP contribution in [0, 0.1) is 11.3 Å². The summed E-state index contributed by atoms with van der Waals surface area (Å²) in [4.78, 5) is 2.06. The highest BCUT2D eigenvalue weighted by molar-refractivity contribution is 9.08. The Labute approximate surface area is 110 Å². The molecule has 0 radical (unpaired) electrons. The lowest BCUT2D eigenvalue weighted by Gasteiger charge is -2.25. The highest BCUT2D eigenvalue weighted by Crippen LogP contribution is 2.26. The van der Waals surface area contributed by atoms with Crippen molar-refractivity contribution >= 4 is 33.2 Å². The van der Waals surface area contributed by atoms with Crippen LogP contribution in [0.15, 0.2) is 18.2 Å². The molecular weight excluding hydrogens is 288 g/mol. The van der Waals surface area contributed by atoms with Crippen LogP contribution < -0.4 is 4.90 Å². The molecule has 4 heteroatoms. The van der Waals surface area contributed by atoms with Gasteiger partial charge in [0.05, 0.1) is 12.5 Å². The van der Waals surface area contributed by atoms with Crippen LogP contribution in [0.1, 0.15) is 18.9 Å². The van der Waals surface area contributed by atoms with Crippen LogP contribution in [-0.2, 0) is 5.33 Å². The van der Waals surface area contributed by atoms with Crippen LogP contribution in [0.5, 0.6) is 0 Å². The maximum absolute atomic E-state index is 8.66. The summed E-state index contributed by atoms with van der Waals surface area (Å²) in [5.74, 6) is 0. The van der Waals surface area contributed by atoms with Gasteiger partial charge in [-0.2, -0.15) is 5.26 Å². The molecule has 1 atom stereocenters. The van der Waals surface area contributed by atoms with Gasteiger partial charge in [0.15, 0.2) is 0 Å². The normalized spacial score (nSPS) is 11.9. The molecule has 0 heterocycles. The minimum absolute atomic E-state index is 0.191. The largest absolute Gasteiger partial charge is 0.371 e. The average molecular weight is 302 g/mol. The van der Waals surface area contributed by atoms with Crippen LogP contribution in [0.2, 0.25) is 5.02 Å². The van der Waals surface area contributed by atoms with E-state index in [2.05, 4.69) is 26.9 Å². The topological polar surface area (TPSA) is 27.0 Å². The molecule has 86 valence electrons. The van der Waals surface area contributed by atoms with E-state index >= 15 is 0 Å². The summed E-state index contributed by atoms with van der Waals surface area (Å²) in [5, 5.41) is 10.2. The second-order valence-corrected chi connectivity index (χ2v) is 4.70. The standard InChI is InChI=1S/C12H14BrClN2/c1-9(5-6-15)16(2)11-4-3-10(8-13)12(14)7-11/h3-4,7,9H,5,8H2,1-2H3. The summed E-state index contributed by atoms with van der Waals surface area (Å²) in [6.07, 6.45) is 0.508. The van der Waals surface area contributed by atoms with E-state index in [9.17, 15) is 0 Å². The van der Waals surface area contributed by atoms with Gasteiger partial charge in [0.1, 0.15) is 0 Å². The first kappa shape index (κ1) is 13.3. The number of nitriles is 1. The molecule has 0 saturated carbocycles. The van der Waals surface area contributed by atoms with Gasteiger partial charge < -0.3 is 4.90 Å². The summed E-state index contributed by atoms with van der Waals surface area (Å²) in [7, 11) is 1.97. The molecule has 0 aliphatic heterocycles. The van der Waals surface area contributed by atoms with Gasteiger partial charge in [-0.3, -0.25) is 0 Å². The van der Waals surface area contributed by atoms with Crippen molar-refractivity contribution in [1.29, 1.82) is 5.26 Å². The van der Waals surface area contributed by atoms with Crippen molar-refractivity contribution < 1.29 is 0 Å². The van der Waals surface area contributed by atoms with Crippen LogP contribution in [0.3, 0.4) is 0 Å². The Morgan fingerprint density at radius 2 is 2.25 bits per heavy atom. The lowest BCUT2D eigenvalue weighted by Crippen LogP contribution is -2.28. The van der Waals surface area contributed by atoms with Gasteiger partial charge in [-0.15, -0.1) is 0 Å². The Morgan fingerprint density at radius 1 is 1.56 bits per heavy atom. The van der Waals surface area contributed by atoms with Crippen molar-refractivity contribution in [2.45, 2.75) is 24.7 Å². The lowest BCUT2D eigenvalue weighted by molar-refractivity contribution is 0.702. The predicted octanol–water partition coefficient (Wildman–Crippen LogP) is 3.97. The van der Waals surface area contributed by atoms with E-state index in [0.29, 0.717) is 6.42 Å². The molecule has 0 aliphatic carbocycles. The van der Waals surface area contributed by atoms with Crippen LogP contribution >= 0.6 is 27.5 Å². The fourth-order valence-corrected chi connectivity index (χ4v) is 2.28. The fraction of sp³-hybridized carbons (Fsp3) is 0.417. The van der Waals surface area contributed by atoms with Crippen molar-refractivity contribution in [1.82, 2.24) is 0 Å². The van der Waals surface area contributed by atoms with E-state index in [1.54, 1.807) is 0 Å². The molecule has 16 heavy (non-hydrogen) atoms. The van der Waals surface area contributed by atoms with Crippen molar-refractivity contribution in [3.05, 3.63) is 28.8 Å². The SMILES string of the molecule is CC(CC#N)N(C)c1ccc(CBr)c(Cl)c1. The zero-order chi connectivity index (χ0) is 12.1. The molecule has 0 N–H and O–H groups in total. The zero-order valence-electron chi connectivity index (χ0n) is 9.37. The van der Waals surface area contributed by atoms with E-state index in [1.165, 1.54) is 0 Å². The molecule has 0 saturated heterocycles. The molecule has 0 spiro atoms.